The van der Waals surface area contributed by atoms with E-state index in [1.807, 2.05) is 6.07 Å². The molecule has 2 bridgehead atoms. The number of likely N-dealkylation sites (tertiary alicyclic amines) is 1. The summed E-state index contributed by atoms with van der Waals surface area (Å²) in [6.45, 7) is 2.39. The zero-order chi connectivity index (χ0) is 17.6. The van der Waals surface area contributed by atoms with Gasteiger partial charge in [-0.2, -0.15) is 0 Å². The van der Waals surface area contributed by atoms with E-state index in [4.69, 9.17) is 0 Å². The number of fused-ring (bicyclic) bond motifs is 1. The number of benzene rings is 2. The summed E-state index contributed by atoms with van der Waals surface area (Å²) in [7, 11) is 0. The Morgan fingerprint density at radius 1 is 1.04 bits per heavy atom. The van der Waals surface area contributed by atoms with Crippen molar-refractivity contribution < 1.29 is 5.11 Å². The quantitative estimate of drug-likeness (QED) is 0.870. The zero-order valence-electron chi connectivity index (χ0n) is 15.5. The summed E-state index contributed by atoms with van der Waals surface area (Å²) in [5.74, 6) is 1.22. The third kappa shape index (κ3) is 2.58. The monoisotopic (exact) mass is 347 g/mol. The normalized spacial score (nSPS) is 30.5. The van der Waals surface area contributed by atoms with E-state index >= 15 is 0 Å². The Morgan fingerprint density at radius 3 is 2.81 bits per heavy atom. The standard InChI is InChI=1S/C24H29NO/c26-20-10-9-19-16-23-21-8-4-5-12-24(21,22(19)17-20)13-15-25(23)14-11-18-6-2-1-3-7-18/h1-3,6-7,9-10,17,21,23,26H,4-5,8,11-16H2/t21-,23+,24+/m1/s1. The molecule has 0 radical (unpaired) electrons. The first-order valence-electron chi connectivity index (χ1n) is 10.4. The lowest BCUT2D eigenvalue weighted by Gasteiger charge is -2.59. The van der Waals surface area contributed by atoms with E-state index in [9.17, 15) is 5.11 Å². The van der Waals surface area contributed by atoms with Crippen molar-refractivity contribution >= 4 is 0 Å². The lowest BCUT2D eigenvalue weighted by molar-refractivity contribution is -0.0106. The summed E-state index contributed by atoms with van der Waals surface area (Å²) in [6.07, 6.45) is 8.99. The van der Waals surface area contributed by atoms with E-state index in [1.54, 1.807) is 0 Å². The van der Waals surface area contributed by atoms with Crippen LogP contribution in [0.25, 0.3) is 0 Å². The van der Waals surface area contributed by atoms with Crippen molar-refractivity contribution in [3.63, 3.8) is 0 Å². The Kier molecular flexibility index (Phi) is 4.04. The van der Waals surface area contributed by atoms with E-state index in [-0.39, 0.29) is 0 Å². The van der Waals surface area contributed by atoms with Gasteiger partial charge in [-0.05, 0) is 73.4 Å². The molecule has 2 fully saturated rings. The van der Waals surface area contributed by atoms with Crippen LogP contribution in [0.4, 0.5) is 0 Å². The fraction of sp³-hybridized carbons (Fsp3) is 0.500. The Hall–Kier alpha value is -1.80. The molecule has 2 aliphatic carbocycles. The topological polar surface area (TPSA) is 23.5 Å². The molecule has 136 valence electrons. The molecule has 2 aromatic carbocycles. The number of rotatable bonds is 3. The second kappa shape index (κ2) is 6.42. The van der Waals surface area contributed by atoms with Gasteiger partial charge in [-0.1, -0.05) is 49.2 Å². The molecule has 1 aliphatic heterocycles. The molecule has 1 N–H and O–H groups in total. The van der Waals surface area contributed by atoms with Gasteiger partial charge in [0, 0.05) is 18.0 Å². The van der Waals surface area contributed by atoms with E-state index < -0.39 is 0 Å². The molecule has 2 nitrogen and oxygen atoms in total. The van der Waals surface area contributed by atoms with Gasteiger partial charge in [0.25, 0.3) is 0 Å². The van der Waals surface area contributed by atoms with Crippen LogP contribution in [0.2, 0.25) is 0 Å². The summed E-state index contributed by atoms with van der Waals surface area (Å²) < 4.78 is 0. The molecule has 1 heterocycles. The molecule has 0 unspecified atom stereocenters. The van der Waals surface area contributed by atoms with Gasteiger partial charge < -0.3 is 5.11 Å². The predicted molar refractivity (Wildman–Crippen MR) is 106 cm³/mol. The van der Waals surface area contributed by atoms with Gasteiger partial charge in [0.1, 0.15) is 5.75 Å². The Morgan fingerprint density at radius 2 is 1.92 bits per heavy atom. The number of hydrogen-bond donors (Lipinski definition) is 1. The molecule has 3 aliphatic rings. The average molecular weight is 348 g/mol. The van der Waals surface area contributed by atoms with Crippen molar-refractivity contribution in [2.75, 3.05) is 13.1 Å². The third-order valence-electron chi connectivity index (χ3n) is 7.47. The molecule has 1 saturated heterocycles. The summed E-state index contributed by atoms with van der Waals surface area (Å²) in [4.78, 5) is 2.79. The molecule has 5 rings (SSSR count). The Balaban J connectivity index is 1.45. The van der Waals surface area contributed by atoms with E-state index in [0.29, 0.717) is 17.2 Å². The fourth-order valence-corrected chi connectivity index (χ4v) is 6.27. The Labute approximate surface area is 156 Å². The van der Waals surface area contributed by atoms with Crippen LogP contribution in [0.1, 0.15) is 48.8 Å². The number of hydrogen-bond acceptors (Lipinski definition) is 2. The fourth-order valence-electron chi connectivity index (χ4n) is 6.27. The van der Waals surface area contributed by atoms with Crippen molar-refractivity contribution in [2.45, 2.75) is 56.4 Å². The third-order valence-corrected chi connectivity index (χ3v) is 7.47. The maximum atomic E-state index is 10.1. The second-order valence-corrected chi connectivity index (χ2v) is 8.64. The van der Waals surface area contributed by atoms with Gasteiger partial charge in [-0.25, -0.2) is 0 Å². The molecule has 0 aromatic heterocycles. The SMILES string of the molecule is Oc1ccc2c(c1)[C@]13CCCC[C@@H]1[C@H](C2)N(CCc1ccccc1)CC3. The highest BCUT2D eigenvalue weighted by molar-refractivity contribution is 5.45. The van der Waals surface area contributed by atoms with Crippen molar-refractivity contribution in [3.8, 4) is 5.75 Å². The van der Waals surface area contributed by atoms with Crippen molar-refractivity contribution in [1.29, 1.82) is 0 Å². The lowest BCUT2D eigenvalue weighted by Crippen LogP contribution is -2.61. The molecular formula is C24H29NO. The van der Waals surface area contributed by atoms with Gasteiger partial charge >= 0.3 is 0 Å². The van der Waals surface area contributed by atoms with Gasteiger partial charge in [0.15, 0.2) is 0 Å². The minimum Gasteiger partial charge on any atom is -0.508 e. The molecule has 1 saturated carbocycles. The number of nitrogens with zero attached hydrogens (tertiary/aromatic N) is 1. The van der Waals surface area contributed by atoms with Gasteiger partial charge in [0.05, 0.1) is 0 Å². The average Bonchev–Trinajstić information content (AvgIpc) is 2.69. The molecule has 2 heteroatoms. The largest absolute Gasteiger partial charge is 0.508 e. The highest BCUT2D eigenvalue weighted by Crippen LogP contribution is 2.56. The lowest BCUT2D eigenvalue weighted by atomic mass is 9.52. The minimum atomic E-state index is 0.332. The molecule has 0 amide bonds. The molecule has 3 atom stereocenters. The number of phenols is 1. The maximum Gasteiger partial charge on any atom is 0.115 e. The van der Waals surface area contributed by atoms with E-state index in [0.717, 1.165) is 18.8 Å². The van der Waals surface area contributed by atoms with Crippen LogP contribution in [0.3, 0.4) is 0 Å². The van der Waals surface area contributed by atoms with Crippen LogP contribution in [0.5, 0.6) is 5.75 Å². The summed E-state index contributed by atoms with van der Waals surface area (Å²) in [5, 5.41) is 10.1. The first kappa shape index (κ1) is 16.4. The summed E-state index contributed by atoms with van der Waals surface area (Å²) in [5.41, 5.74) is 4.77. The van der Waals surface area contributed by atoms with Crippen LogP contribution in [0.15, 0.2) is 48.5 Å². The summed E-state index contributed by atoms with van der Waals surface area (Å²) >= 11 is 0. The van der Waals surface area contributed by atoms with E-state index in [1.165, 1.54) is 61.9 Å². The maximum absolute atomic E-state index is 10.1. The second-order valence-electron chi connectivity index (χ2n) is 8.64. The van der Waals surface area contributed by atoms with Crippen molar-refractivity contribution in [2.24, 2.45) is 5.92 Å². The van der Waals surface area contributed by atoms with Crippen LogP contribution < -0.4 is 0 Å². The van der Waals surface area contributed by atoms with Gasteiger partial charge in [-0.15, -0.1) is 0 Å². The highest BCUT2D eigenvalue weighted by atomic mass is 16.3. The van der Waals surface area contributed by atoms with Gasteiger partial charge in [0.2, 0.25) is 0 Å². The van der Waals surface area contributed by atoms with Crippen LogP contribution in [-0.4, -0.2) is 29.1 Å². The van der Waals surface area contributed by atoms with Crippen LogP contribution in [-0.2, 0) is 18.3 Å². The minimum absolute atomic E-state index is 0.332. The van der Waals surface area contributed by atoms with Crippen LogP contribution >= 0.6 is 0 Å². The molecule has 0 spiro atoms. The predicted octanol–water partition coefficient (Wildman–Crippen LogP) is 4.69. The number of piperidine rings is 1. The number of phenolic OH excluding ortho intramolecular Hbond substituents is 1. The number of aromatic hydroxyl groups is 1. The first-order valence-corrected chi connectivity index (χ1v) is 10.4. The van der Waals surface area contributed by atoms with Crippen molar-refractivity contribution in [1.82, 2.24) is 4.90 Å². The van der Waals surface area contributed by atoms with E-state index in [2.05, 4.69) is 47.4 Å². The zero-order valence-corrected chi connectivity index (χ0v) is 15.5. The van der Waals surface area contributed by atoms with Crippen LogP contribution in [0, 0.1) is 5.92 Å². The summed E-state index contributed by atoms with van der Waals surface area (Å²) in [6, 6.07) is 17.8. The first-order chi connectivity index (χ1) is 12.8. The Bertz CT molecular complexity index is 786. The molecular weight excluding hydrogens is 318 g/mol. The highest BCUT2D eigenvalue weighted by Gasteiger charge is 2.53. The molecule has 26 heavy (non-hydrogen) atoms. The smallest absolute Gasteiger partial charge is 0.115 e. The van der Waals surface area contributed by atoms with Gasteiger partial charge in [-0.3, -0.25) is 4.90 Å². The van der Waals surface area contributed by atoms with Crippen molar-refractivity contribution in [3.05, 3.63) is 65.2 Å². The molecule has 2 aromatic rings.